The number of carboxylic acid groups (broad SMARTS) is 2. The van der Waals surface area contributed by atoms with Gasteiger partial charge in [-0.25, -0.2) is 9.78 Å². The van der Waals surface area contributed by atoms with Gasteiger partial charge in [-0.3, -0.25) is 24.7 Å². The molecular formula is C21H21N9O7S3. The maximum absolute atomic E-state index is 13.5. The van der Waals surface area contributed by atoms with Crippen molar-refractivity contribution in [2.24, 2.45) is 12.2 Å². The monoisotopic (exact) mass is 607 g/mol. The summed E-state index contributed by atoms with van der Waals surface area (Å²) >= 11 is 7.28. The Morgan fingerprint density at radius 1 is 1.38 bits per heavy atom. The lowest BCUT2D eigenvalue weighted by atomic mass is 9.87. The normalized spacial score (nSPS) is 20.4. The molecule has 2 aliphatic rings. The highest BCUT2D eigenvalue weighted by molar-refractivity contribution is 8.00. The number of nitrogens with one attached hydrogen (secondary N) is 2. The number of carbonyl (C=O) groups is 4. The third-order valence-corrected chi connectivity index (χ3v) is 8.27. The number of anilines is 2. The molecule has 0 aliphatic carbocycles. The second kappa shape index (κ2) is 11.0. The van der Waals surface area contributed by atoms with Gasteiger partial charge in [-0.2, -0.15) is 4.98 Å². The summed E-state index contributed by atoms with van der Waals surface area (Å²) in [5.74, 6) is -4.24. The van der Waals surface area contributed by atoms with E-state index in [2.05, 4.69) is 20.4 Å². The number of β-lactam (4-membered cyclic amide) rings is 1. The summed E-state index contributed by atoms with van der Waals surface area (Å²) in [5.41, 5.74) is 9.22. The van der Waals surface area contributed by atoms with E-state index in [0.29, 0.717) is 0 Å². The Bertz CT molecular complexity index is 1570. The number of thiazole rings is 1. The molecule has 16 nitrogen and oxygen atoms in total. The lowest BCUT2D eigenvalue weighted by molar-refractivity contribution is -0.153. The Labute approximate surface area is 238 Å². The molecule has 0 spiro atoms. The van der Waals surface area contributed by atoms with Crippen molar-refractivity contribution < 1.29 is 34.2 Å². The maximum Gasteiger partial charge on any atom is 0.353 e. The van der Waals surface area contributed by atoms with E-state index >= 15 is 0 Å². The summed E-state index contributed by atoms with van der Waals surface area (Å²) in [7, 11) is 1.51. The van der Waals surface area contributed by atoms with E-state index in [1.165, 1.54) is 23.1 Å². The Hall–Kier alpha value is -4.36. The minimum absolute atomic E-state index is 0.00188. The molecule has 8 N–H and O–H groups in total. The van der Waals surface area contributed by atoms with E-state index in [-0.39, 0.29) is 58.0 Å². The molecule has 210 valence electrons. The number of carboxylic acids is 2. The van der Waals surface area contributed by atoms with Gasteiger partial charge < -0.3 is 36.4 Å². The number of hydrogen-bond acceptors (Lipinski definition) is 14. The smallest absolute Gasteiger partial charge is 0.353 e. The lowest BCUT2D eigenvalue weighted by Crippen LogP contribution is -2.80. The summed E-state index contributed by atoms with van der Waals surface area (Å²) in [6.45, 7) is -0.345. The number of aromatic nitrogens is 3. The third-order valence-electron chi connectivity index (χ3n) is 5.87. The summed E-state index contributed by atoms with van der Waals surface area (Å²) in [5, 5.41) is 34.8. The molecule has 19 heteroatoms. The molecule has 1 saturated heterocycles. The Morgan fingerprint density at radius 2 is 2.10 bits per heavy atom. The minimum Gasteiger partial charge on any atom is -0.481 e. The number of aliphatic carboxylic acids is 2. The number of fused-ring (bicyclic) bond motifs is 1. The number of thiocarbonyl (C=S) groups is 1. The molecule has 4 heterocycles. The summed E-state index contributed by atoms with van der Waals surface area (Å²) < 4.78 is 1.33. The van der Waals surface area contributed by atoms with Gasteiger partial charge in [-0.15, -0.1) is 23.1 Å². The summed E-state index contributed by atoms with van der Waals surface area (Å²) in [6, 6.07) is 1.41. The number of thioether (sulfide) groups is 1. The van der Waals surface area contributed by atoms with E-state index in [9.17, 15) is 24.3 Å². The fraction of sp³-hybridized carbons (Fsp3) is 0.286. The molecule has 40 heavy (non-hydrogen) atoms. The van der Waals surface area contributed by atoms with Crippen LogP contribution in [0, 0.1) is 5.41 Å². The minimum atomic E-state index is -1.80. The number of nitrogens with zero attached hydrogens (tertiary/aromatic N) is 5. The molecule has 4 rings (SSSR count). The fourth-order valence-electron chi connectivity index (χ4n) is 3.99. The van der Waals surface area contributed by atoms with E-state index < -0.39 is 40.4 Å². The van der Waals surface area contributed by atoms with Crippen molar-refractivity contribution in [2.45, 2.75) is 17.3 Å². The standard InChI is InChI=1S/C21H21N9O7S3/c1-29-10(4-11(22)26-19(29)23)8-5-39-18-21(7-38,17(36)30(18)14(8)16(34)35)27-15(33)13(9-6-40-20(24)25-9)28-37-3-2-12(31)32/h4,6-7,18H,2-3,5H2,1H3,(H2,24,25)(H,27,33)(H,31,32)(H,34,35)(H3,22,23,26)/b28-13-/t18-,21+/m1/s1. The van der Waals surface area contributed by atoms with Crippen LogP contribution in [0.15, 0.2) is 22.3 Å². The van der Waals surface area contributed by atoms with Gasteiger partial charge in [0.05, 0.1) is 12.1 Å². The molecule has 0 aromatic carbocycles. The van der Waals surface area contributed by atoms with Gasteiger partial charge in [-0.05, 0) is 0 Å². The molecule has 0 unspecified atom stereocenters. The highest BCUT2D eigenvalue weighted by Gasteiger charge is 2.65. The zero-order valence-corrected chi connectivity index (χ0v) is 22.9. The van der Waals surface area contributed by atoms with Gasteiger partial charge in [0.25, 0.3) is 11.8 Å². The number of rotatable bonds is 10. The van der Waals surface area contributed by atoms with Gasteiger partial charge in [0.1, 0.15) is 29.2 Å². The quantitative estimate of drug-likeness (QED) is 0.0623. The van der Waals surface area contributed by atoms with Crippen LogP contribution < -0.4 is 22.4 Å². The van der Waals surface area contributed by atoms with Gasteiger partial charge >= 0.3 is 11.9 Å². The first kappa shape index (κ1) is 28.6. The van der Waals surface area contributed by atoms with Crippen LogP contribution >= 0.6 is 35.3 Å². The number of nitrogens with two attached hydrogens (primary N) is 2. The summed E-state index contributed by atoms with van der Waals surface area (Å²) in [4.78, 5) is 63.9. The number of amides is 2. The summed E-state index contributed by atoms with van der Waals surface area (Å²) in [6.07, 6.45) is -0.386. The Kier molecular flexibility index (Phi) is 7.89. The van der Waals surface area contributed by atoms with Crippen LogP contribution in [0.4, 0.5) is 10.9 Å². The van der Waals surface area contributed by atoms with Crippen molar-refractivity contribution in [1.82, 2.24) is 24.8 Å². The van der Waals surface area contributed by atoms with E-state index in [1.807, 2.05) is 0 Å². The number of carbonyl (C=O) groups excluding carboxylic acids is 2. The van der Waals surface area contributed by atoms with Crippen molar-refractivity contribution in [3.05, 3.63) is 34.1 Å². The van der Waals surface area contributed by atoms with Crippen LogP contribution in [0.25, 0.3) is 5.57 Å². The van der Waals surface area contributed by atoms with Crippen molar-refractivity contribution in [3.8, 4) is 0 Å². The van der Waals surface area contributed by atoms with E-state index in [4.69, 9.17) is 39.0 Å². The topological polar surface area (TPSA) is 252 Å². The maximum atomic E-state index is 13.5. The van der Waals surface area contributed by atoms with Crippen molar-refractivity contribution >= 4 is 86.7 Å². The first-order chi connectivity index (χ1) is 18.9. The van der Waals surface area contributed by atoms with Crippen LogP contribution in [0.1, 0.15) is 17.8 Å². The third kappa shape index (κ3) is 5.00. The first-order valence-electron chi connectivity index (χ1n) is 11.1. The zero-order valence-electron chi connectivity index (χ0n) is 20.5. The van der Waals surface area contributed by atoms with E-state index in [1.54, 1.807) is 0 Å². The van der Waals surface area contributed by atoms with E-state index in [0.717, 1.165) is 33.4 Å². The molecule has 0 saturated carbocycles. The lowest BCUT2D eigenvalue weighted by Gasteiger charge is -2.55. The van der Waals surface area contributed by atoms with Gasteiger partial charge in [0.15, 0.2) is 16.4 Å². The molecule has 2 aliphatic heterocycles. The largest absolute Gasteiger partial charge is 0.481 e. The second-order valence-corrected chi connectivity index (χ2v) is 10.5. The highest BCUT2D eigenvalue weighted by atomic mass is 32.2. The molecule has 2 atom stereocenters. The van der Waals surface area contributed by atoms with Crippen LogP contribution in [0.3, 0.4) is 0 Å². The molecule has 1 fully saturated rings. The average Bonchev–Trinajstić information content (AvgIpc) is 3.33. The first-order valence-corrected chi connectivity index (χ1v) is 13.5. The second-order valence-electron chi connectivity index (χ2n) is 8.35. The van der Waals surface area contributed by atoms with Crippen molar-refractivity contribution in [2.75, 3.05) is 23.8 Å². The Morgan fingerprint density at radius 3 is 2.70 bits per heavy atom. The molecule has 0 bridgehead atoms. The van der Waals surface area contributed by atoms with Gasteiger partial charge in [0.2, 0.25) is 5.62 Å². The highest BCUT2D eigenvalue weighted by Crippen LogP contribution is 2.47. The average molecular weight is 608 g/mol. The molecule has 2 aromatic heterocycles. The molecule has 2 aromatic rings. The van der Waals surface area contributed by atoms with Crippen LogP contribution in [-0.4, -0.2) is 87.8 Å². The van der Waals surface area contributed by atoms with Crippen LogP contribution in [-0.2, 0) is 31.1 Å². The van der Waals surface area contributed by atoms with Gasteiger partial charge in [0, 0.05) is 35.2 Å². The number of oxime groups is 1. The molecule has 2 amide bonds. The predicted molar refractivity (Wildman–Crippen MR) is 147 cm³/mol. The number of nitrogen functional groups attached to an aromatic ring is 2. The fourth-order valence-corrected chi connectivity index (χ4v) is 6.36. The van der Waals surface area contributed by atoms with Crippen molar-refractivity contribution in [3.63, 3.8) is 0 Å². The SMILES string of the molecule is Cn1c(C2=C(C(=O)O)N3C(=O)[C@](C=S)(NC(=O)/C(=N\OCCC(=O)O)c4csc(N)n4)[C@H]3SC2)cc(N)nc1=N. The molecule has 0 radical (unpaired) electrons. The zero-order chi connectivity index (χ0) is 29.4. The van der Waals surface area contributed by atoms with Gasteiger partial charge in [-0.1, -0.05) is 17.4 Å². The number of hydrogen-bond donors (Lipinski definition) is 6. The Balaban J connectivity index is 1.68. The van der Waals surface area contributed by atoms with Crippen LogP contribution in [0.2, 0.25) is 0 Å². The van der Waals surface area contributed by atoms with Crippen molar-refractivity contribution in [1.29, 1.82) is 5.41 Å². The molecular weight excluding hydrogens is 586 g/mol. The van der Waals surface area contributed by atoms with Crippen LogP contribution in [0.5, 0.6) is 0 Å². The predicted octanol–water partition coefficient (Wildman–Crippen LogP) is -1.02.